The molecule has 0 aliphatic rings. The number of carbonyl (C=O) groups excluding carboxylic acids is 1. The maximum atomic E-state index is 12.7. The van der Waals surface area contributed by atoms with Crippen LogP contribution in [0.1, 0.15) is 19.4 Å². The minimum Gasteiger partial charge on any atom is -0.494 e. The number of hydrogen-bond acceptors (Lipinski definition) is 5. The van der Waals surface area contributed by atoms with Crippen molar-refractivity contribution in [2.24, 2.45) is 5.73 Å². The SMILES string of the molecule is CCOc1ccc(NS(=O)(=O)c2cc(NC(=O)[C@H](C)N)ccc2C)cc1. The lowest BCUT2D eigenvalue weighted by molar-refractivity contribution is -0.117. The maximum Gasteiger partial charge on any atom is 0.262 e. The molecule has 0 saturated carbocycles. The molecule has 0 spiro atoms. The first-order chi connectivity index (χ1) is 12.2. The highest BCUT2D eigenvalue weighted by atomic mass is 32.2. The molecular formula is C18H23N3O4S. The third-order valence-corrected chi connectivity index (χ3v) is 5.10. The van der Waals surface area contributed by atoms with Crippen LogP contribution in [0.15, 0.2) is 47.4 Å². The molecular weight excluding hydrogens is 354 g/mol. The molecule has 2 aromatic carbocycles. The van der Waals surface area contributed by atoms with E-state index < -0.39 is 22.0 Å². The van der Waals surface area contributed by atoms with Crippen LogP contribution in [0.3, 0.4) is 0 Å². The number of amides is 1. The quantitative estimate of drug-likeness (QED) is 0.686. The molecule has 0 fully saturated rings. The Morgan fingerprint density at radius 3 is 2.35 bits per heavy atom. The van der Waals surface area contributed by atoms with Gasteiger partial charge in [-0.25, -0.2) is 8.42 Å². The van der Waals surface area contributed by atoms with Gasteiger partial charge < -0.3 is 15.8 Å². The summed E-state index contributed by atoms with van der Waals surface area (Å²) < 4.78 is 33.3. The molecule has 0 saturated heterocycles. The summed E-state index contributed by atoms with van der Waals surface area (Å²) in [5.41, 5.74) is 6.86. The van der Waals surface area contributed by atoms with E-state index in [1.165, 1.54) is 6.07 Å². The van der Waals surface area contributed by atoms with Crippen molar-refractivity contribution in [2.75, 3.05) is 16.6 Å². The van der Waals surface area contributed by atoms with Crippen LogP contribution in [-0.2, 0) is 14.8 Å². The predicted octanol–water partition coefficient (Wildman–Crippen LogP) is 2.48. The van der Waals surface area contributed by atoms with Gasteiger partial charge in [0.1, 0.15) is 5.75 Å². The van der Waals surface area contributed by atoms with E-state index in [2.05, 4.69) is 10.0 Å². The van der Waals surface area contributed by atoms with Gasteiger partial charge in [0, 0.05) is 11.4 Å². The van der Waals surface area contributed by atoms with Crippen LogP contribution >= 0.6 is 0 Å². The number of nitrogens with one attached hydrogen (secondary N) is 2. The van der Waals surface area contributed by atoms with Gasteiger partial charge in [-0.3, -0.25) is 9.52 Å². The number of anilines is 2. The van der Waals surface area contributed by atoms with Gasteiger partial charge in [-0.1, -0.05) is 6.07 Å². The molecule has 4 N–H and O–H groups in total. The van der Waals surface area contributed by atoms with Gasteiger partial charge in [0.2, 0.25) is 5.91 Å². The highest BCUT2D eigenvalue weighted by Crippen LogP contribution is 2.24. The van der Waals surface area contributed by atoms with Crippen LogP contribution in [-0.4, -0.2) is 27.0 Å². The van der Waals surface area contributed by atoms with E-state index in [1.807, 2.05) is 6.92 Å². The molecule has 2 rings (SSSR count). The highest BCUT2D eigenvalue weighted by molar-refractivity contribution is 7.92. The fourth-order valence-electron chi connectivity index (χ4n) is 2.22. The molecule has 140 valence electrons. The van der Waals surface area contributed by atoms with E-state index in [9.17, 15) is 13.2 Å². The largest absolute Gasteiger partial charge is 0.494 e. The molecule has 26 heavy (non-hydrogen) atoms. The smallest absolute Gasteiger partial charge is 0.262 e. The fraction of sp³-hybridized carbons (Fsp3) is 0.278. The van der Waals surface area contributed by atoms with Crippen molar-refractivity contribution in [1.82, 2.24) is 0 Å². The van der Waals surface area contributed by atoms with Crippen molar-refractivity contribution in [3.05, 3.63) is 48.0 Å². The Labute approximate surface area is 153 Å². The predicted molar refractivity (Wildman–Crippen MR) is 102 cm³/mol. The van der Waals surface area contributed by atoms with Crippen LogP contribution < -0.4 is 20.5 Å². The number of nitrogens with two attached hydrogens (primary N) is 1. The first-order valence-corrected chi connectivity index (χ1v) is 9.64. The van der Waals surface area contributed by atoms with Crippen molar-refractivity contribution in [2.45, 2.75) is 31.7 Å². The van der Waals surface area contributed by atoms with Gasteiger partial charge in [-0.2, -0.15) is 0 Å². The number of hydrogen-bond donors (Lipinski definition) is 3. The van der Waals surface area contributed by atoms with E-state index in [1.54, 1.807) is 50.2 Å². The number of carbonyl (C=O) groups is 1. The van der Waals surface area contributed by atoms with Crippen molar-refractivity contribution >= 4 is 27.3 Å². The van der Waals surface area contributed by atoms with Gasteiger partial charge in [-0.15, -0.1) is 0 Å². The van der Waals surface area contributed by atoms with Crippen LogP contribution in [0, 0.1) is 6.92 Å². The minimum atomic E-state index is -3.82. The van der Waals surface area contributed by atoms with Crippen molar-refractivity contribution < 1.29 is 17.9 Å². The number of aryl methyl sites for hydroxylation is 1. The van der Waals surface area contributed by atoms with Crippen LogP contribution in [0.25, 0.3) is 0 Å². The van der Waals surface area contributed by atoms with Gasteiger partial charge in [0.15, 0.2) is 0 Å². The fourth-order valence-corrected chi connectivity index (χ4v) is 3.55. The average molecular weight is 377 g/mol. The molecule has 0 aliphatic carbocycles. The monoisotopic (exact) mass is 377 g/mol. The Morgan fingerprint density at radius 2 is 1.77 bits per heavy atom. The standard InChI is InChI=1S/C18H23N3O4S/c1-4-25-16-9-7-14(8-10-16)21-26(23,24)17-11-15(6-5-12(17)2)20-18(22)13(3)19/h5-11,13,21H,4,19H2,1-3H3,(H,20,22)/t13-/m0/s1. The molecule has 2 aromatic rings. The number of ether oxygens (including phenoxy) is 1. The molecule has 0 aliphatic heterocycles. The third kappa shape index (κ3) is 4.96. The summed E-state index contributed by atoms with van der Waals surface area (Å²) in [5, 5.41) is 2.59. The number of sulfonamides is 1. The molecule has 0 radical (unpaired) electrons. The van der Waals surface area contributed by atoms with Crippen molar-refractivity contribution in [3.63, 3.8) is 0 Å². The molecule has 1 atom stereocenters. The molecule has 1 amide bonds. The summed E-state index contributed by atoms with van der Waals surface area (Å²) in [5.74, 6) is 0.268. The molecule has 0 aromatic heterocycles. The first kappa shape index (κ1) is 19.7. The number of benzene rings is 2. The molecule has 0 unspecified atom stereocenters. The summed E-state index contributed by atoms with van der Waals surface area (Å²) >= 11 is 0. The molecule has 7 nitrogen and oxygen atoms in total. The Bertz CT molecular complexity index is 878. The zero-order valence-electron chi connectivity index (χ0n) is 14.9. The zero-order chi connectivity index (χ0) is 19.3. The summed E-state index contributed by atoms with van der Waals surface area (Å²) in [6.45, 7) is 5.64. The van der Waals surface area contributed by atoms with Crippen LogP contribution in [0.4, 0.5) is 11.4 Å². The lowest BCUT2D eigenvalue weighted by Crippen LogP contribution is -2.32. The summed E-state index contributed by atoms with van der Waals surface area (Å²) in [6.07, 6.45) is 0. The van der Waals surface area contributed by atoms with Crippen molar-refractivity contribution in [3.8, 4) is 5.75 Å². The van der Waals surface area contributed by atoms with Crippen molar-refractivity contribution in [1.29, 1.82) is 0 Å². The summed E-state index contributed by atoms with van der Waals surface area (Å²) in [6, 6.07) is 10.6. The van der Waals surface area contributed by atoms with E-state index >= 15 is 0 Å². The van der Waals surface area contributed by atoms with E-state index in [4.69, 9.17) is 10.5 Å². The Kier molecular flexibility index (Phi) is 6.23. The molecule has 0 heterocycles. The maximum absolute atomic E-state index is 12.7. The van der Waals surface area contributed by atoms with Gasteiger partial charge >= 0.3 is 0 Å². The topological polar surface area (TPSA) is 111 Å². The summed E-state index contributed by atoms with van der Waals surface area (Å²) in [4.78, 5) is 11.8. The van der Waals surface area contributed by atoms with Gasteiger partial charge in [0.05, 0.1) is 17.5 Å². The lowest BCUT2D eigenvalue weighted by atomic mass is 10.2. The summed E-state index contributed by atoms with van der Waals surface area (Å²) in [7, 11) is -3.82. The average Bonchev–Trinajstić information content (AvgIpc) is 2.58. The van der Waals surface area contributed by atoms with Crippen LogP contribution in [0.2, 0.25) is 0 Å². The van der Waals surface area contributed by atoms with E-state index in [-0.39, 0.29) is 4.90 Å². The normalized spacial score (nSPS) is 12.3. The second-order valence-electron chi connectivity index (χ2n) is 5.82. The van der Waals surface area contributed by atoms with E-state index in [0.29, 0.717) is 29.3 Å². The number of rotatable bonds is 7. The highest BCUT2D eigenvalue weighted by Gasteiger charge is 2.18. The minimum absolute atomic E-state index is 0.0776. The second-order valence-corrected chi connectivity index (χ2v) is 7.47. The van der Waals surface area contributed by atoms with Gasteiger partial charge in [0.25, 0.3) is 10.0 Å². The lowest BCUT2D eigenvalue weighted by Gasteiger charge is -2.14. The Morgan fingerprint density at radius 1 is 1.15 bits per heavy atom. The second kappa shape index (κ2) is 8.20. The molecule has 8 heteroatoms. The first-order valence-electron chi connectivity index (χ1n) is 8.15. The van der Waals surface area contributed by atoms with Crippen LogP contribution in [0.5, 0.6) is 5.75 Å². The van der Waals surface area contributed by atoms with Gasteiger partial charge in [-0.05, 0) is 62.7 Å². The molecule has 0 bridgehead atoms. The Balaban J connectivity index is 2.25. The third-order valence-electron chi connectivity index (χ3n) is 3.58. The Hall–Kier alpha value is -2.58. The zero-order valence-corrected chi connectivity index (χ0v) is 15.8. The van der Waals surface area contributed by atoms with E-state index in [0.717, 1.165) is 0 Å².